The molecule has 1 aliphatic carbocycles. The van der Waals surface area contributed by atoms with Crippen LogP contribution in [0, 0.1) is 5.92 Å². The molecule has 1 fully saturated rings. The first-order valence-corrected chi connectivity index (χ1v) is 6.84. The molecule has 1 aromatic carbocycles. The van der Waals surface area contributed by atoms with E-state index in [4.69, 9.17) is 0 Å². The lowest BCUT2D eigenvalue weighted by Gasteiger charge is -2.15. The number of aromatic hydroxyl groups is 2. The summed E-state index contributed by atoms with van der Waals surface area (Å²) in [4.78, 5) is 10.5. The SMILES string of the molecule is CN(CC1C/C1=C/c1ccc(O)c(O)c1)c1ncccn1. The maximum atomic E-state index is 9.49. The maximum absolute atomic E-state index is 9.49. The Balaban J connectivity index is 1.63. The zero-order valence-corrected chi connectivity index (χ0v) is 11.8. The van der Waals surface area contributed by atoms with Crippen LogP contribution in [0.4, 0.5) is 5.95 Å². The molecular weight excluding hydrogens is 266 g/mol. The van der Waals surface area contributed by atoms with Crippen molar-refractivity contribution in [1.82, 2.24) is 9.97 Å². The first-order chi connectivity index (χ1) is 10.1. The number of phenolic OH excluding ortho intramolecular Hbond substituents is 2. The Kier molecular flexibility index (Phi) is 3.48. The van der Waals surface area contributed by atoms with Crippen LogP contribution in [0.3, 0.4) is 0 Å². The molecule has 0 bridgehead atoms. The molecule has 21 heavy (non-hydrogen) atoms. The summed E-state index contributed by atoms with van der Waals surface area (Å²) in [6, 6.07) is 6.67. The molecule has 0 radical (unpaired) electrons. The fraction of sp³-hybridized carbons (Fsp3) is 0.250. The number of phenols is 2. The molecule has 1 atom stereocenters. The minimum atomic E-state index is -0.0922. The van der Waals surface area contributed by atoms with Crippen molar-refractivity contribution >= 4 is 12.0 Å². The number of hydrogen-bond acceptors (Lipinski definition) is 5. The fourth-order valence-electron chi connectivity index (χ4n) is 2.33. The van der Waals surface area contributed by atoms with Crippen molar-refractivity contribution in [2.45, 2.75) is 6.42 Å². The van der Waals surface area contributed by atoms with E-state index >= 15 is 0 Å². The van der Waals surface area contributed by atoms with Crippen molar-refractivity contribution in [3.8, 4) is 11.5 Å². The molecule has 0 spiro atoms. The molecule has 108 valence electrons. The quantitative estimate of drug-likeness (QED) is 0.843. The van der Waals surface area contributed by atoms with Crippen LogP contribution in [0.25, 0.3) is 6.08 Å². The van der Waals surface area contributed by atoms with E-state index in [0.29, 0.717) is 5.92 Å². The van der Waals surface area contributed by atoms with Gasteiger partial charge in [-0.1, -0.05) is 17.7 Å². The van der Waals surface area contributed by atoms with E-state index in [1.165, 1.54) is 11.6 Å². The van der Waals surface area contributed by atoms with Gasteiger partial charge >= 0.3 is 0 Å². The van der Waals surface area contributed by atoms with Crippen LogP contribution in [-0.2, 0) is 0 Å². The molecule has 5 heteroatoms. The number of rotatable bonds is 4. The fourth-order valence-corrected chi connectivity index (χ4v) is 2.33. The topological polar surface area (TPSA) is 69.5 Å². The Morgan fingerprint density at radius 1 is 1.24 bits per heavy atom. The number of aromatic nitrogens is 2. The van der Waals surface area contributed by atoms with Gasteiger partial charge in [0, 0.05) is 31.9 Å². The summed E-state index contributed by atoms with van der Waals surface area (Å²) in [6.45, 7) is 0.875. The third-order valence-electron chi connectivity index (χ3n) is 3.59. The zero-order valence-electron chi connectivity index (χ0n) is 11.8. The van der Waals surface area contributed by atoms with E-state index in [1.54, 1.807) is 30.6 Å². The molecule has 2 N–H and O–H groups in total. The number of anilines is 1. The summed E-state index contributed by atoms with van der Waals surface area (Å²) in [6.07, 6.45) is 6.58. The highest BCUT2D eigenvalue weighted by atomic mass is 16.3. The molecule has 1 unspecified atom stereocenters. The molecule has 2 aromatic rings. The largest absolute Gasteiger partial charge is 0.504 e. The van der Waals surface area contributed by atoms with Gasteiger partial charge in [0.25, 0.3) is 0 Å². The molecule has 3 rings (SSSR count). The van der Waals surface area contributed by atoms with Crippen molar-refractivity contribution in [3.63, 3.8) is 0 Å². The van der Waals surface area contributed by atoms with Crippen LogP contribution >= 0.6 is 0 Å². The average molecular weight is 283 g/mol. The van der Waals surface area contributed by atoms with Crippen molar-refractivity contribution in [2.75, 3.05) is 18.5 Å². The van der Waals surface area contributed by atoms with Gasteiger partial charge in [0.05, 0.1) is 0 Å². The third kappa shape index (κ3) is 3.13. The highest BCUT2D eigenvalue weighted by molar-refractivity contribution is 5.61. The summed E-state index contributed by atoms with van der Waals surface area (Å²) in [5.74, 6) is 1.04. The molecule has 1 aliphatic rings. The van der Waals surface area contributed by atoms with Gasteiger partial charge in [0.2, 0.25) is 5.95 Å². The second-order valence-electron chi connectivity index (χ2n) is 5.30. The number of nitrogens with zero attached hydrogens (tertiary/aromatic N) is 3. The van der Waals surface area contributed by atoms with Crippen molar-refractivity contribution < 1.29 is 10.2 Å². The summed E-state index contributed by atoms with van der Waals surface area (Å²) >= 11 is 0. The van der Waals surface area contributed by atoms with Gasteiger partial charge in [-0.25, -0.2) is 9.97 Å². The second kappa shape index (κ2) is 5.44. The van der Waals surface area contributed by atoms with Gasteiger partial charge in [0.1, 0.15) is 0 Å². The summed E-state index contributed by atoms with van der Waals surface area (Å²) < 4.78 is 0. The van der Waals surface area contributed by atoms with Gasteiger partial charge in [-0.05, 0) is 30.2 Å². The van der Waals surface area contributed by atoms with Crippen molar-refractivity contribution in [1.29, 1.82) is 0 Å². The number of benzene rings is 1. The lowest BCUT2D eigenvalue weighted by Crippen LogP contribution is -2.22. The monoisotopic (exact) mass is 283 g/mol. The molecule has 1 saturated carbocycles. The summed E-state index contributed by atoms with van der Waals surface area (Å²) in [5.41, 5.74) is 2.24. The summed E-state index contributed by atoms with van der Waals surface area (Å²) in [5, 5.41) is 18.8. The molecule has 5 nitrogen and oxygen atoms in total. The predicted octanol–water partition coefficient (Wildman–Crippen LogP) is 2.43. The Morgan fingerprint density at radius 3 is 2.71 bits per heavy atom. The molecule has 0 saturated heterocycles. The van der Waals surface area contributed by atoms with E-state index in [1.807, 2.05) is 11.9 Å². The first-order valence-electron chi connectivity index (χ1n) is 6.84. The first kappa shape index (κ1) is 13.4. The van der Waals surface area contributed by atoms with Crippen molar-refractivity contribution in [2.24, 2.45) is 5.92 Å². The smallest absolute Gasteiger partial charge is 0.224 e. The minimum absolute atomic E-state index is 0.0867. The lowest BCUT2D eigenvalue weighted by molar-refractivity contribution is 0.403. The third-order valence-corrected chi connectivity index (χ3v) is 3.59. The van der Waals surface area contributed by atoms with Crippen molar-refractivity contribution in [3.05, 3.63) is 47.8 Å². The molecular formula is C16H17N3O2. The van der Waals surface area contributed by atoms with Gasteiger partial charge in [-0.3, -0.25) is 0 Å². The molecule has 0 aliphatic heterocycles. The van der Waals surface area contributed by atoms with Crippen LogP contribution in [-0.4, -0.2) is 33.8 Å². The Labute approximate surface area is 123 Å². The molecule has 1 heterocycles. The summed E-state index contributed by atoms with van der Waals surface area (Å²) in [7, 11) is 1.98. The van der Waals surface area contributed by atoms with E-state index < -0.39 is 0 Å². The van der Waals surface area contributed by atoms with Crippen LogP contribution < -0.4 is 4.90 Å². The zero-order chi connectivity index (χ0) is 14.8. The Bertz CT molecular complexity index is 670. The van der Waals surface area contributed by atoms with E-state index in [2.05, 4.69) is 16.0 Å². The normalized spacial score (nSPS) is 18.7. The van der Waals surface area contributed by atoms with Gasteiger partial charge in [0.15, 0.2) is 11.5 Å². The van der Waals surface area contributed by atoms with Crippen LogP contribution in [0.2, 0.25) is 0 Å². The van der Waals surface area contributed by atoms with Crippen LogP contribution in [0.1, 0.15) is 12.0 Å². The van der Waals surface area contributed by atoms with Crippen LogP contribution in [0.5, 0.6) is 11.5 Å². The van der Waals surface area contributed by atoms with Crippen LogP contribution in [0.15, 0.2) is 42.2 Å². The van der Waals surface area contributed by atoms with E-state index in [0.717, 1.165) is 24.5 Å². The number of hydrogen-bond donors (Lipinski definition) is 2. The lowest BCUT2D eigenvalue weighted by atomic mass is 10.2. The molecule has 0 amide bonds. The van der Waals surface area contributed by atoms with E-state index in [9.17, 15) is 10.2 Å². The van der Waals surface area contributed by atoms with E-state index in [-0.39, 0.29) is 11.5 Å². The van der Waals surface area contributed by atoms with Gasteiger partial charge in [-0.2, -0.15) is 0 Å². The second-order valence-corrected chi connectivity index (χ2v) is 5.30. The van der Waals surface area contributed by atoms with Gasteiger partial charge in [-0.15, -0.1) is 0 Å². The average Bonchev–Trinajstić information content (AvgIpc) is 3.21. The highest BCUT2D eigenvalue weighted by Crippen LogP contribution is 2.40. The Hall–Kier alpha value is -2.56. The predicted molar refractivity (Wildman–Crippen MR) is 81.2 cm³/mol. The Morgan fingerprint density at radius 2 is 2.00 bits per heavy atom. The minimum Gasteiger partial charge on any atom is -0.504 e. The maximum Gasteiger partial charge on any atom is 0.224 e. The standard InChI is InChI=1S/C16H17N3O2/c1-19(16-17-5-2-6-18-16)10-13-9-12(13)7-11-3-4-14(20)15(21)8-11/h2-8,13,20-21H,9-10H2,1H3/b12-7-. The molecule has 1 aromatic heterocycles. The highest BCUT2D eigenvalue weighted by Gasteiger charge is 2.31. The van der Waals surface area contributed by atoms with Gasteiger partial charge < -0.3 is 15.1 Å².